The number of benzene rings is 1. The highest BCUT2D eigenvalue weighted by Gasteiger charge is 2.07. The second-order valence-corrected chi connectivity index (χ2v) is 5.79. The molecule has 0 atom stereocenters. The smallest absolute Gasteiger partial charge is 0.244 e. The van der Waals surface area contributed by atoms with Gasteiger partial charge in [0.1, 0.15) is 12.0 Å². The van der Waals surface area contributed by atoms with E-state index in [1.807, 2.05) is 50.3 Å². The summed E-state index contributed by atoms with van der Waals surface area (Å²) in [5, 5.41) is 12.7. The van der Waals surface area contributed by atoms with Gasteiger partial charge in [0.15, 0.2) is 0 Å². The average molecular weight is 332 g/mol. The van der Waals surface area contributed by atoms with Crippen molar-refractivity contribution >= 4 is 23.2 Å². The van der Waals surface area contributed by atoms with Crippen LogP contribution in [0.25, 0.3) is 5.69 Å². The van der Waals surface area contributed by atoms with E-state index >= 15 is 0 Å². The van der Waals surface area contributed by atoms with E-state index in [0.29, 0.717) is 17.5 Å². The van der Waals surface area contributed by atoms with Gasteiger partial charge >= 0.3 is 0 Å². The Morgan fingerprint density at radius 3 is 2.74 bits per heavy atom. The first-order chi connectivity index (χ1) is 11.0. The van der Waals surface area contributed by atoms with Crippen molar-refractivity contribution in [2.45, 2.75) is 6.54 Å². The van der Waals surface area contributed by atoms with E-state index in [-0.39, 0.29) is 0 Å². The van der Waals surface area contributed by atoms with Gasteiger partial charge in [-0.2, -0.15) is 10.1 Å². The van der Waals surface area contributed by atoms with Gasteiger partial charge in [0.2, 0.25) is 5.95 Å². The molecule has 0 aliphatic carbocycles. The lowest BCUT2D eigenvalue weighted by Gasteiger charge is -2.08. The number of anilines is 2. The zero-order valence-electron chi connectivity index (χ0n) is 13.2. The number of hydrogen-bond acceptors (Lipinski definition) is 5. The van der Waals surface area contributed by atoms with Crippen LogP contribution in [0.3, 0.4) is 0 Å². The third kappa shape index (κ3) is 3.45. The Kier molecular flexibility index (Phi) is 4.20. The molecule has 0 bridgehead atoms. The molecule has 3 rings (SSSR count). The zero-order chi connectivity index (χ0) is 16.4. The first kappa shape index (κ1) is 15.4. The maximum absolute atomic E-state index is 6.12. The van der Waals surface area contributed by atoms with Crippen molar-refractivity contribution in [3.8, 4) is 5.69 Å². The Labute approximate surface area is 139 Å². The molecule has 7 nitrogen and oxygen atoms in total. The molecular formula is C15H18ClN7. The van der Waals surface area contributed by atoms with Gasteiger partial charge < -0.3 is 10.2 Å². The summed E-state index contributed by atoms with van der Waals surface area (Å²) < 4.78 is 3.45. The summed E-state index contributed by atoms with van der Waals surface area (Å²) in [6.45, 7) is 0.559. The summed E-state index contributed by atoms with van der Waals surface area (Å²) in [4.78, 5) is 6.12. The Morgan fingerprint density at radius 2 is 2.09 bits per heavy atom. The SMILES string of the molecule is CN(C)c1ncn(-c2cccc(NCc3nn(C)cc3Cl)c2)n1. The highest BCUT2D eigenvalue weighted by Crippen LogP contribution is 2.18. The highest BCUT2D eigenvalue weighted by molar-refractivity contribution is 6.31. The van der Waals surface area contributed by atoms with Crippen molar-refractivity contribution < 1.29 is 0 Å². The van der Waals surface area contributed by atoms with E-state index in [1.54, 1.807) is 21.9 Å². The van der Waals surface area contributed by atoms with E-state index in [9.17, 15) is 0 Å². The van der Waals surface area contributed by atoms with Crippen LogP contribution in [0.4, 0.5) is 11.6 Å². The number of aryl methyl sites for hydroxylation is 1. The molecule has 2 heterocycles. The maximum atomic E-state index is 6.12. The minimum absolute atomic E-state index is 0.559. The Balaban J connectivity index is 1.75. The largest absolute Gasteiger partial charge is 0.379 e. The molecular weight excluding hydrogens is 314 g/mol. The Morgan fingerprint density at radius 1 is 1.26 bits per heavy atom. The molecule has 3 aromatic rings. The lowest BCUT2D eigenvalue weighted by Crippen LogP contribution is -2.11. The van der Waals surface area contributed by atoms with Gasteiger partial charge in [-0.3, -0.25) is 4.68 Å². The molecule has 1 aromatic carbocycles. The molecule has 23 heavy (non-hydrogen) atoms. The molecule has 0 aliphatic rings. The molecule has 0 saturated carbocycles. The van der Waals surface area contributed by atoms with Crippen LogP contribution < -0.4 is 10.2 Å². The normalized spacial score (nSPS) is 10.8. The molecule has 0 saturated heterocycles. The predicted molar refractivity (Wildman–Crippen MR) is 91.2 cm³/mol. The first-order valence-corrected chi connectivity index (χ1v) is 7.52. The topological polar surface area (TPSA) is 63.8 Å². The van der Waals surface area contributed by atoms with E-state index in [2.05, 4.69) is 20.5 Å². The van der Waals surface area contributed by atoms with Gasteiger partial charge in [-0.25, -0.2) is 4.68 Å². The van der Waals surface area contributed by atoms with Crippen LogP contribution >= 0.6 is 11.6 Å². The average Bonchev–Trinajstić information content (AvgIpc) is 3.12. The summed E-state index contributed by atoms with van der Waals surface area (Å²) >= 11 is 6.12. The van der Waals surface area contributed by atoms with Crippen molar-refractivity contribution in [2.75, 3.05) is 24.3 Å². The van der Waals surface area contributed by atoms with Crippen molar-refractivity contribution in [1.82, 2.24) is 24.5 Å². The molecule has 1 N–H and O–H groups in total. The Hall–Kier alpha value is -2.54. The lowest BCUT2D eigenvalue weighted by molar-refractivity contribution is 0.747. The fourth-order valence-corrected chi connectivity index (χ4v) is 2.40. The molecule has 0 spiro atoms. The molecule has 120 valence electrons. The minimum atomic E-state index is 0.559. The molecule has 0 radical (unpaired) electrons. The van der Waals surface area contributed by atoms with Crippen LogP contribution in [0.1, 0.15) is 5.69 Å². The van der Waals surface area contributed by atoms with Crippen LogP contribution in [0, 0.1) is 0 Å². The monoisotopic (exact) mass is 331 g/mol. The number of rotatable bonds is 5. The molecule has 0 fully saturated rings. The van der Waals surface area contributed by atoms with Crippen LogP contribution in [-0.4, -0.2) is 38.6 Å². The number of nitrogens with zero attached hydrogens (tertiary/aromatic N) is 6. The van der Waals surface area contributed by atoms with E-state index < -0.39 is 0 Å². The summed E-state index contributed by atoms with van der Waals surface area (Å²) in [5.41, 5.74) is 2.71. The van der Waals surface area contributed by atoms with Gasteiger partial charge in [0, 0.05) is 33.0 Å². The zero-order valence-corrected chi connectivity index (χ0v) is 14.0. The first-order valence-electron chi connectivity index (χ1n) is 7.14. The van der Waals surface area contributed by atoms with Gasteiger partial charge in [0.05, 0.1) is 17.3 Å². The summed E-state index contributed by atoms with van der Waals surface area (Å²) in [6, 6.07) is 7.94. The molecule has 8 heteroatoms. The quantitative estimate of drug-likeness (QED) is 0.777. The number of halogens is 1. The van der Waals surface area contributed by atoms with Gasteiger partial charge in [-0.1, -0.05) is 17.7 Å². The fraction of sp³-hybridized carbons (Fsp3) is 0.267. The van der Waals surface area contributed by atoms with Crippen molar-refractivity contribution in [2.24, 2.45) is 7.05 Å². The highest BCUT2D eigenvalue weighted by atomic mass is 35.5. The molecule has 0 amide bonds. The summed E-state index contributed by atoms with van der Waals surface area (Å²) in [6.07, 6.45) is 3.48. The van der Waals surface area contributed by atoms with Crippen molar-refractivity contribution in [3.63, 3.8) is 0 Å². The second-order valence-electron chi connectivity index (χ2n) is 5.38. The summed E-state index contributed by atoms with van der Waals surface area (Å²) in [5.74, 6) is 0.670. The second kappa shape index (κ2) is 6.29. The number of hydrogen-bond donors (Lipinski definition) is 1. The number of aromatic nitrogens is 5. The standard InChI is InChI=1S/C15H18ClN7/c1-21(2)15-18-10-23(20-15)12-6-4-5-11(7-12)17-8-14-13(16)9-22(3)19-14/h4-7,9-10,17H,8H2,1-3H3. The van der Waals surface area contributed by atoms with Crippen LogP contribution in [0.15, 0.2) is 36.8 Å². The molecule has 2 aromatic heterocycles. The third-order valence-electron chi connectivity index (χ3n) is 3.30. The van der Waals surface area contributed by atoms with Crippen molar-refractivity contribution in [1.29, 1.82) is 0 Å². The predicted octanol–water partition coefficient (Wildman–Crippen LogP) is 2.33. The van der Waals surface area contributed by atoms with Crippen LogP contribution in [0.2, 0.25) is 5.02 Å². The molecule has 0 unspecified atom stereocenters. The van der Waals surface area contributed by atoms with Gasteiger partial charge in [-0.15, -0.1) is 5.10 Å². The summed E-state index contributed by atoms with van der Waals surface area (Å²) in [7, 11) is 5.67. The van der Waals surface area contributed by atoms with E-state index in [1.165, 1.54) is 0 Å². The minimum Gasteiger partial charge on any atom is -0.379 e. The maximum Gasteiger partial charge on any atom is 0.244 e. The fourth-order valence-electron chi connectivity index (χ4n) is 2.15. The van der Waals surface area contributed by atoms with Crippen molar-refractivity contribution in [3.05, 3.63) is 47.5 Å². The Bertz CT molecular complexity index is 806. The molecule has 0 aliphatic heterocycles. The van der Waals surface area contributed by atoms with Crippen LogP contribution in [-0.2, 0) is 13.6 Å². The lowest BCUT2D eigenvalue weighted by atomic mass is 10.2. The van der Waals surface area contributed by atoms with Gasteiger partial charge in [-0.05, 0) is 18.2 Å². The van der Waals surface area contributed by atoms with E-state index in [4.69, 9.17) is 11.6 Å². The van der Waals surface area contributed by atoms with Crippen LogP contribution in [0.5, 0.6) is 0 Å². The number of nitrogens with one attached hydrogen (secondary N) is 1. The van der Waals surface area contributed by atoms with E-state index in [0.717, 1.165) is 17.1 Å². The third-order valence-corrected chi connectivity index (χ3v) is 3.62. The van der Waals surface area contributed by atoms with Gasteiger partial charge in [0.25, 0.3) is 0 Å².